The van der Waals surface area contributed by atoms with Crippen molar-refractivity contribution in [3.8, 4) is 0 Å². The third kappa shape index (κ3) is 1.36. The van der Waals surface area contributed by atoms with Crippen molar-refractivity contribution in [2.45, 2.75) is 32.1 Å². The molecule has 2 rings (SSSR count). The second-order valence-electron chi connectivity index (χ2n) is 3.81. The Morgan fingerprint density at radius 3 is 2.25 bits per heavy atom. The van der Waals surface area contributed by atoms with E-state index in [2.05, 4.69) is 24.3 Å². The van der Waals surface area contributed by atoms with Gasteiger partial charge in [-0.2, -0.15) is 0 Å². The molecular weight excluding hydrogens is 148 g/mol. The molecule has 1 saturated carbocycles. The SMILES string of the molecule is O=C1CCC2(C=CCC=C2)CC1. The zero-order chi connectivity index (χ0) is 8.44. The highest BCUT2D eigenvalue weighted by Crippen LogP contribution is 2.39. The minimum atomic E-state index is 0.256. The molecular formula is C11H14O. The molecule has 12 heavy (non-hydrogen) atoms. The summed E-state index contributed by atoms with van der Waals surface area (Å²) in [5.74, 6) is 0.438. The molecule has 1 fully saturated rings. The highest BCUT2D eigenvalue weighted by atomic mass is 16.1. The van der Waals surface area contributed by atoms with Crippen molar-refractivity contribution >= 4 is 5.78 Å². The Hall–Kier alpha value is -0.850. The summed E-state index contributed by atoms with van der Waals surface area (Å²) in [6.07, 6.45) is 13.7. The van der Waals surface area contributed by atoms with Crippen molar-refractivity contribution in [3.05, 3.63) is 24.3 Å². The Labute approximate surface area is 73.2 Å². The number of Topliss-reactive ketones (excluding diaryl/α,β-unsaturated/α-hetero) is 1. The molecule has 0 aliphatic heterocycles. The number of allylic oxidation sites excluding steroid dienone is 4. The van der Waals surface area contributed by atoms with Gasteiger partial charge in [-0.15, -0.1) is 0 Å². The average molecular weight is 162 g/mol. The maximum atomic E-state index is 11.0. The van der Waals surface area contributed by atoms with E-state index < -0.39 is 0 Å². The van der Waals surface area contributed by atoms with Crippen LogP contribution in [0.25, 0.3) is 0 Å². The van der Waals surface area contributed by atoms with Crippen molar-refractivity contribution in [2.75, 3.05) is 0 Å². The molecule has 2 aliphatic carbocycles. The van der Waals surface area contributed by atoms with Gasteiger partial charge in [-0.1, -0.05) is 24.3 Å². The lowest BCUT2D eigenvalue weighted by Crippen LogP contribution is -2.24. The highest BCUT2D eigenvalue weighted by molar-refractivity contribution is 5.79. The lowest BCUT2D eigenvalue weighted by atomic mass is 9.72. The number of hydrogen-bond acceptors (Lipinski definition) is 1. The van der Waals surface area contributed by atoms with Crippen molar-refractivity contribution in [3.63, 3.8) is 0 Å². The van der Waals surface area contributed by atoms with Gasteiger partial charge in [0.2, 0.25) is 0 Å². The van der Waals surface area contributed by atoms with Crippen LogP contribution >= 0.6 is 0 Å². The maximum Gasteiger partial charge on any atom is 0.132 e. The summed E-state index contributed by atoms with van der Waals surface area (Å²) in [7, 11) is 0. The summed E-state index contributed by atoms with van der Waals surface area (Å²) in [6, 6.07) is 0. The second-order valence-corrected chi connectivity index (χ2v) is 3.81. The third-order valence-corrected chi connectivity index (χ3v) is 2.91. The van der Waals surface area contributed by atoms with Gasteiger partial charge >= 0.3 is 0 Å². The summed E-state index contributed by atoms with van der Waals surface area (Å²) in [5.41, 5.74) is 0.256. The van der Waals surface area contributed by atoms with E-state index in [4.69, 9.17) is 0 Å². The Bertz CT molecular complexity index is 224. The van der Waals surface area contributed by atoms with Crippen molar-refractivity contribution in [1.29, 1.82) is 0 Å². The quantitative estimate of drug-likeness (QED) is 0.500. The van der Waals surface area contributed by atoms with Crippen LogP contribution in [0, 0.1) is 5.41 Å². The van der Waals surface area contributed by atoms with E-state index in [1.54, 1.807) is 0 Å². The molecule has 64 valence electrons. The lowest BCUT2D eigenvalue weighted by molar-refractivity contribution is -0.121. The zero-order valence-electron chi connectivity index (χ0n) is 7.25. The number of hydrogen-bond donors (Lipinski definition) is 0. The maximum absolute atomic E-state index is 11.0. The molecule has 0 aromatic rings. The van der Waals surface area contributed by atoms with Gasteiger partial charge in [-0.05, 0) is 19.3 Å². The first kappa shape index (κ1) is 7.78. The third-order valence-electron chi connectivity index (χ3n) is 2.91. The van der Waals surface area contributed by atoms with E-state index in [0.29, 0.717) is 5.78 Å². The lowest BCUT2D eigenvalue weighted by Gasteiger charge is -2.32. The van der Waals surface area contributed by atoms with Crippen LogP contribution in [0.2, 0.25) is 0 Å². The fourth-order valence-corrected chi connectivity index (χ4v) is 2.07. The van der Waals surface area contributed by atoms with Crippen molar-refractivity contribution < 1.29 is 4.79 Å². The minimum Gasteiger partial charge on any atom is -0.300 e. The Balaban J connectivity index is 2.11. The molecule has 0 N–H and O–H groups in total. The van der Waals surface area contributed by atoms with Gasteiger partial charge in [0.05, 0.1) is 0 Å². The summed E-state index contributed by atoms with van der Waals surface area (Å²) < 4.78 is 0. The molecule has 0 aromatic carbocycles. The fourth-order valence-electron chi connectivity index (χ4n) is 2.07. The predicted octanol–water partition coefficient (Wildman–Crippen LogP) is 2.63. The van der Waals surface area contributed by atoms with Gasteiger partial charge < -0.3 is 0 Å². The standard InChI is InChI=1S/C11H14O/c12-10-4-8-11(9-5-10)6-2-1-3-7-11/h2-3,6-7H,1,4-5,8-9H2. The number of carbonyl (C=O) groups is 1. The van der Waals surface area contributed by atoms with Crippen LogP contribution in [0.1, 0.15) is 32.1 Å². The summed E-state index contributed by atoms with van der Waals surface area (Å²) in [4.78, 5) is 11.0. The van der Waals surface area contributed by atoms with Gasteiger partial charge in [0.15, 0.2) is 0 Å². The minimum absolute atomic E-state index is 0.256. The van der Waals surface area contributed by atoms with Gasteiger partial charge in [-0.25, -0.2) is 0 Å². The van der Waals surface area contributed by atoms with Crippen LogP contribution in [-0.2, 0) is 4.79 Å². The smallest absolute Gasteiger partial charge is 0.132 e. The monoisotopic (exact) mass is 162 g/mol. The first-order valence-electron chi connectivity index (χ1n) is 4.68. The molecule has 0 amide bonds. The van der Waals surface area contributed by atoms with Gasteiger partial charge in [0.25, 0.3) is 0 Å². The molecule has 0 heterocycles. The fraction of sp³-hybridized carbons (Fsp3) is 0.545. The number of carbonyl (C=O) groups excluding carboxylic acids is 1. The van der Waals surface area contributed by atoms with E-state index in [-0.39, 0.29) is 5.41 Å². The summed E-state index contributed by atoms with van der Waals surface area (Å²) in [6.45, 7) is 0. The van der Waals surface area contributed by atoms with Crippen molar-refractivity contribution in [1.82, 2.24) is 0 Å². The first-order valence-corrected chi connectivity index (χ1v) is 4.68. The van der Waals surface area contributed by atoms with Crippen LogP contribution in [0.3, 0.4) is 0 Å². The number of ketones is 1. The Kier molecular flexibility index (Phi) is 1.87. The first-order chi connectivity index (χ1) is 5.81. The molecule has 0 unspecified atom stereocenters. The van der Waals surface area contributed by atoms with Crippen LogP contribution in [-0.4, -0.2) is 5.78 Å². The van der Waals surface area contributed by atoms with Crippen LogP contribution in [0.5, 0.6) is 0 Å². The molecule has 2 aliphatic rings. The molecule has 0 saturated heterocycles. The molecule has 0 bridgehead atoms. The zero-order valence-corrected chi connectivity index (χ0v) is 7.25. The molecule has 0 radical (unpaired) electrons. The van der Waals surface area contributed by atoms with Crippen LogP contribution in [0.4, 0.5) is 0 Å². The van der Waals surface area contributed by atoms with E-state index in [1.165, 1.54) is 0 Å². The van der Waals surface area contributed by atoms with Gasteiger partial charge in [-0.3, -0.25) is 4.79 Å². The predicted molar refractivity (Wildman–Crippen MR) is 48.8 cm³/mol. The normalized spacial score (nSPS) is 26.5. The summed E-state index contributed by atoms with van der Waals surface area (Å²) >= 11 is 0. The van der Waals surface area contributed by atoms with Crippen LogP contribution in [0.15, 0.2) is 24.3 Å². The topological polar surface area (TPSA) is 17.1 Å². The molecule has 0 aromatic heterocycles. The van der Waals surface area contributed by atoms with Crippen LogP contribution < -0.4 is 0 Å². The van der Waals surface area contributed by atoms with Gasteiger partial charge in [0.1, 0.15) is 5.78 Å². The largest absolute Gasteiger partial charge is 0.300 e. The number of rotatable bonds is 0. The van der Waals surface area contributed by atoms with E-state index in [0.717, 1.165) is 32.1 Å². The van der Waals surface area contributed by atoms with Gasteiger partial charge in [0, 0.05) is 18.3 Å². The molecule has 1 nitrogen and oxygen atoms in total. The Morgan fingerprint density at radius 2 is 1.67 bits per heavy atom. The Morgan fingerprint density at radius 1 is 1.08 bits per heavy atom. The van der Waals surface area contributed by atoms with E-state index in [1.807, 2.05) is 0 Å². The van der Waals surface area contributed by atoms with E-state index >= 15 is 0 Å². The second kappa shape index (κ2) is 2.89. The molecule has 1 spiro atoms. The molecule has 1 heteroatoms. The molecule has 0 atom stereocenters. The van der Waals surface area contributed by atoms with Crippen molar-refractivity contribution in [2.24, 2.45) is 5.41 Å². The highest BCUT2D eigenvalue weighted by Gasteiger charge is 2.30. The van der Waals surface area contributed by atoms with E-state index in [9.17, 15) is 4.79 Å². The summed E-state index contributed by atoms with van der Waals surface area (Å²) in [5, 5.41) is 0. The average Bonchev–Trinajstić information content (AvgIpc) is 2.13.